The van der Waals surface area contributed by atoms with Crippen LogP contribution in [-0.4, -0.2) is 17.2 Å². The summed E-state index contributed by atoms with van der Waals surface area (Å²) < 4.78 is 7.14. The van der Waals surface area contributed by atoms with Crippen LogP contribution in [0, 0.1) is 5.92 Å². The summed E-state index contributed by atoms with van der Waals surface area (Å²) >= 11 is 0. The molecule has 1 fully saturated rings. The largest absolute Gasteiger partial charge is 0.420 e. The molecular weight excluding hydrogens is 264 g/mol. The number of rotatable bonds is 6. The highest BCUT2D eigenvalue weighted by molar-refractivity contribution is 5.72. The van der Waals surface area contributed by atoms with Crippen LogP contribution >= 0.6 is 0 Å². The summed E-state index contributed by atoms with van der Waals surface area (Å²) in [4.78, 5) is 12.1. The quantitative estimate of drug-likeness (QED) is 0.888. The van der Waals surface area contributed by atoms with Crippen LogP contribution in [0.15, 0.2) is 33.5 Å². The minimum atomic E-state index is -0.238. The number of oxazole rings is 1. The van der Waals surface area contributed by atoms with Crippen LogP contribution in [0.4, 0.5) is 0 Å². The minimum Gasteiger partial charge on any atom is -0.408 e. The van der Waals surface area contributed by atoms with Crippen molar-refractivity contribution in [2.24, 2.45) is 5.92 Å². The molecule has 2 aromatic rings. The third-order valence-electron chi connectivity index (χ3n) is 4.58. The lowest BCUT2D eigenvalue weighted by atomic mass is 9.97. The maximum absolute atomic E-state index is 12.1. The van der Waals surface area contributed by atoms with Crippen molar-refractivity contribution in [2.45, 2.75) is 51.6 Å². The molecule has 1 unspecified atom stereocenters. The Bertz CT molecular complexity index is 638. The summed E-state index contributed by atoms with van der Waals surface area (Å²) in [6, 6.07) is 8.05. The van der Waals surface area contributed by atoms with E-state index in [-0.39, 0.29) is 5.76 Å². The summed E-state index contributed by atoms with van der Waals surface area (Å²) in [7, 11) is 0. The molecule has 0 amide bonds. The van der Waals surface area contributed by atoms with Crippen molar-refractivity contribution in [2.75, 3.05) is 6.54 Å². The number of para-hydroxylation sites is 2. The SMILES string of the molecule is CCCNC(Cn1c(=O)oc2ccccc21)C1CCCC1. The average molecular weight is 288 g/mol. The Morgan fingerprint density at radius 3 is 2.86 bits per heavy atom. The molecule has 0 saturated heterocycles. The van der Waals surface area contributed by atoms with E-state index in [1.807, 2.05) is 24.3 Å². The van der Waals surface area contributed by atoms with Gasteiger partial charge in [0.2, 0.25) is 0 Å². The van der Waals surface area contributed by atoms with Gasteiger partial charge in [-0.3, -0.25) is 4.57 Å². The summed E-state index contributed by atoms with van der Waals surface area (Å²) in [5.74, 6) is 0.439. The molecule has 0 aliphatic heterocycles. The fourth-order valence-electron chi connectivity index (χ4n) is 3.45. The summed E-state index contributed by atoms with van der Waals surface area (Å²) in [5.41, 5.74) is 1.59. The molecule has 1 heterocycles. The fourth-order valence-corrected chi connectivity index (χ4v) is 3.45. The van der Waals surface area contributed by atoms with Crippen LogP contribution in [0.25, 0.3) is 11.1 Å². The molecule has 4 heteroatoms. The van der Waals surface area contributed by atoms with E-state index in [1.54, 1.807) is 4.57 Å². The van der Waals surface area contributed by atoms with Crippen LogP contribution < -0.4 is 11.1 Å². The van der Waals surface area contributed by atoms with Crippen molar-refractivity contribution in [1.29, 1.82) is 0 Å². The first kappa shape index (κ1) is 14.4. The predicted molar refractivity (Wildman–Crippen MR) is 84.5 cm³/mol. The van der Waals surface area contributed by atoms with Crippen LogP contribution in [-0.2, 0) is 6.54 Å². The molecule has 0 spiro atoms. The summed E-state index contributed by atoms with van der Waals surface area (Å²) in [5, 5.41) is 3.64. The van der Waals surface area contributed by atoms with Gasteiger partial charge in [-0.1, -0.05) is 31.9 Å². The van der Waals surface area contributed by atoms with E-state index in [4.69, 9.17) is 4.42 Å². The first-order valence-electron chi connectivity index (χ1n) is 8.11. The van der Waals surface area contributed by atoms with Gasteiger partial charge in [-0.15, -0.1) is 0 Å². The molecule has 1 saturated carbocycles. The Morgan fingerprint density at radius 1 is 1.33 bits per heavy atom. The van der Waals surface area contributed by atoms with Crippen LogP contribution in [0.2, 0.25) is 0 Å². The first-order valence-corrected chi connectivity index (χ1v) is 8.11. The lowest BCUT2D eigenvalue weighted by Gasteiger charge is -2.24. The van der Waals surface area contributed by atoms with E-state index in [9.17, 15) is 4.79 Å². The van der Waals surface area contributed by atoms with E-state index in [0.717, 1.165) is 18.5 Å². The highest BCUT2D eigenvalue weighted by Crippen LogP contribution is 2.28. The maximum Gasteiger partial charge on any atom is 0.420 e. The van der Waals surface area contributed by atoms with Crippen LogP contribution in [0.1, 0.15) is 39.0 Å². The van der Waals surface area contributed by atoms with Crippen molar-refractivity contribution in [3.63, 3.8) is 0 Å². The molecule has 114 valence electrons. The first-order chi connectivity index (χ1) is 10.3. The smallest absolute Gasteiger partial charge is 0.408 e. The molecule has 1 aromatic carbocycles. The van der Waals surface area contributed by atoms with Crippen molar-refractivity contribution < 1.29 is 4.42 Å². The lowest BCUT2D eigenvalue weighted by Crippen LogP contribution is -2.40. The molecule has 3 rings (SSSR count). The predicted octanol–water partition coefficient (Wildman–Crippen LogP) is 3.15. The second kappa shape index (κ2) is 6.48. The van der Waals surface area contributed by atoms with Crippen molar-refractivity contribution in [3.8, 4) is 0 Å². The highest BCUT2D eigenvalue weighted by Gasteiger charge is 2.26. The Balaban J connectivity index is 1.86. The monoisotopic (exact) mass is 288 g/mol. The zero-order chi connectivity index (χ0) is 14.7. The highest BCUT2D eigenvalue weighted by atomic mass is 16.4. The molecule has 1 aromatic heterocycles. The minimum absolute atomic E-state index is 0.238. The molecule has 1 N–H and O–H groups in total. The van der Waals surface area contributed by atoms with Gasteiger partial charge in [0, 0.05) is 12.6 Å². The zero-order valence-corrected chi connectivity index (χ0v) is 12.7. The zero-order valence-electron chi connectivity index (χ0n) is 12.7. The van der Waals surface area contributed by atoms with Gasteiger partial charge in [-0.05, 0) is 43.9 Å². The average Bonchev–Trinajstić information content (AvgIpc) is 3.11. The number of fused-ring (bicyclic) bond motifs is 1. The Morgan fingerprint density at radius 2 is 2.10 bits per heavy atom. The number of hydrogen-bond donors (Lipinski definition) is 1. The van der Waals surface area contributed by atoms with E-state index in [1.165, 1.54) is 25.7 Å². The second-order valence-corrected chi connectivity index (χ2v) is 6.05. The van der Waals surface area contributed by atoms with E-state index in [0.29, 0.717) is 24.1 Å². The number of nitrogens with zero attached hydrogens (tertiary/aromatic N) is 1. The van der Waals surface area contributed by atoms with Crippen molar-refractivity contribution >= 4 is 11.1 Å². The molecule has 1 aliphatic rings. The summed E-state index contributed by atoms with van der Waals surface area (Å²) in [6.45, 7) is 3.89. The molecule has 21 heavy (non-hydrogen) atoms. The van der Waals surface area contributed by atoms with Gasteiger partial charge in [0.05, 0.1) is 5.52 Å². The number of hydrogen-bond acceptors (Lipinski definition) is 3. The molecule has 4 nitrogen and oxygen atoms in total. The number of nitrogens with one attached hydrogen (secondary N) is 1. The van der Waals surface area contributed by atoms with Gasteiger partial charge in [-0.25, -0.2) is 4.79 Å². The molecule has 1 aliphatic carbocycles. The topological polar surface area (TPSA) is 47.2 Å². The maximum atomic E-state index is 12.1. The Kier molecular flexibility index (Phi) is 4.44. The van der Waals surface area contributed by atoms with E-state index in [2.05, 4.69) is 12.2 Å². The van der Waals surface area contributed by atoms with Crippen LogP contribution in [0.5, 0.6) is 0 Å². The van der Waals surface area contributed by atoms with Gasteiger partial charge in [0.25, 0.3) is 0 Å². The van der Waals surface area contributed by atoms with Crippen molar-refractivity contribution in [1.82, 2.24) is 9.88 Å². The molecule has 1 atom stereocenters. The fraction of sp³-hybridized carbons (Fsp3) is 0.588. The van der Waals surface area contributed by atoms with Gasteiger partial charge in [0.1, 0.15) is 0 Å². The van der Waals surface area contributed by atoms with Crippen molar-refractivity contribution in [3.05, 3.63) is 34.8 Å². The standard InChI is InChI=1S/C17H24N2O2/c1-2-11-18-14(13-7-3-4-8-13)12-19-15-9-5-6-10-16(15)21-17(19)20/h5-6,9-10,13-14,18H,2-4,7-8,11-12H2,1H3. The lowest BCUT2D eigenvalue weighted by molar-refractivity contribution is 0.316. The van der Waals surface area contributed by atoms with E-state index >= 15 is 0 Å². The Labute approximate surface area is 125 Å². The van der Waals surface area contributed by atoms with Gasteiger partial charge in [0.15, 0.2) is 5.58 Å². The van der Waals surface area contributed by atoms with Gasteiger partial charge < -0.3 is 9.73 Å². The molecular formula is C17H24N2O2. The number of aromatic nitrogens is 1. The van der Waals surface area contributed by atoms with Gasteiger partial charge >= 0.3 is 5.76 Å². The third-order valence-corrected chi connectivity index (χ3v) is 4.58. The normalized spacial score (nSPS) is 17.6. The molecule has 0 bridgehead atoms. The Hall–Kier alpha value is -1.55. The second-order valence-electron chi connectivity index (χ2n) is 6.05. The summed E-state index contributed by atoms with van der Waals surface area (Å²) in [6.07, 6.45) is 6.29. The number of benzene rings is 1. The molecule has 0 radical (unpaired) electrons. The third kappa shape index (κ3) is 3.05. The van der Waals surface area contributed by atoms with E-state index < -0.39 is 0 Å². The van der Waals surface area contributed by atoms with Crippen LogP contribution in [0.3, 0.4) is 0 Å². The van der Waals surface area contributed by atoms with Gasteiger partial charge in [-0.2, -0.15) is 0 Å².